The van der Waals surface area contributed by atoms with Crippen molar-refractivity contribution in [1.29, 1.82) is 5.26 Å². The first-order valence-corrected chi connectivity index (χ1v) is 11.2. The molecule has 4 rings (SSSR count). The predicted octanol–water partition coefficient (Wildman–Crippen LogP) is 4.46. The Labute approximate surface area is 192 Å². The third kappa shape index (κ3) is 4.96. The van der Waals surface area contributed by atoms with Crippen LogP contribution in [0.1, 0.15) is 48.8 Å². The number of fused-ring (bicyclic) bond motifs is 1. The molecular weight excluding hydrogens is 416 g/mol. The molecule has 1 fully saturated rings. The maximum atomic E-state index is 13.3. The molecule has 0 spiro atoms. The Morgan fingerprint density at radius 1 is 1.21 bits per heavy atom. The molecule has 1 aliphatic rings. The Kier molecular flexibility index (Phi) is 6.55. The zero-order chi connectivity index (χ0) is 23.4. The van der Waals surface area contributed by atoms with Gasteiger partial charge in [0.05, 0.1) is 0 Å². The van der Waals surface area contributed by atoms with Crippen LogP contribution in [0.5, 0.6) is 11.6 Å². The first kappa shape index (κ1) is 22.3. The molecule has 168 valence electrons. The molecule has 1 saturated carbocycles. The number of aryl methyl sites for hydroxylation is 2. The molecule has 0 aliphatic heterocycles. The summed E-state index contributed by atoms with van der Waals surface area (Å²) in [7, 11) is 0. The number of nitrogens with one attached hydrogen (secondary N) is 1. The van der Waals surface area contributed by atoms with Crippen LogP contribution in [0.25, 0.3) is 11.7 Å². The second kappa shape index (κ2) is 9.70. The standard InChI is InChI=1S/C26H26N4O3/c1-17-11-12-22(18(2)14-17)33-25-21(26(32)30-13-7-6-10-23(30)29-25)15-19(16-27)24(31)28-20-8-4-3-5-9-20/h6-7,10-15,20H,3-5,8-9H2,1-2H3,(H,28,31). The van der Waals surface area contributed by atoms with Gasteiger partial charge in [-0.05, 0) is 56.5 Å². The summed E-state index contributed by atoms with van der Waals surface area (Å²) in [6, 6.07) is 12.9. The Hall–Kier alpha value is -3.92. The van der Waals surface area contributed by atoms with Crippen LogP contribution >= 0.6 is 0 Å². The van der Waals surface area contributed by atoms with E-state index in [1.165, 1.54) is 10.5 Å². The molecule has 1 N–H and O–H groups in total. The minimum absolute atomic E-state index is 0.0461. The zero-order valence-corrected chi connectivity index (χ0v) is 18.8. The quantitative estimate of drug-likeness (QED) is 0.465. The zero-order valence-electron chi connectivity index (χ0n) is 18.8. The highest BCUT2D eigenvalue weighted by molar-refractivity contribution is 6.02. The summed E-state index contributed by atoms with van der Waals surface area (Å²) in [4.78, 5) is 30.6. The molecule has 0 saturated heterocycles. The molecule has 2 aromatic heterocycles. The monoisotopic (exact) mass is 442 g/mol. The van der Waals surface area contributed by atoms with Gasteiger partial charge in [0.25, 0.3) is 11.5 Å². The number of amides is 1. The second-order valence-corrected chi connectivity index (χ2v) is 8.41. The van der Waals surface area contributed by atoms with Crippen LogP contribution < -0.4 is 15.6 Å². The molecule has 0 unspecified atom stereocenters. The van der Waals surface area contributed by atoms with Crippen molar-refractivity contribution in [2.45, 2.75) is 52.0 Å². The lowest BCUT2D eigenvalue weighted by Crippen LogP contribution is -2.36. The SMILES string of the molecule is Cc1ccc(Oc2nc3ccccn3c(=O)c2C=C(C#N)C(=O)NC2CCCCC2)c(C)c1. The van der Waals surface area contributed by atoms with Gasteiger partial charge < -0.3 is 10.1 Å². The number of hydrogen-bond donors (Lipinski definition) is 1. The summed E-state index contributed by atoms with van der Waals surface area (Å²) in [5.41, 5.74) is 1.85. The lowest BCUT2D eigenvalue weighted by molar-refractivity contribution is -0.117. The van der Waals surface area contributed by atoms with Gasteiger partial charge in [-0.25, -0.2) is 0 Å². The molecule has 0 bridgehead atoms. The number of ether oxygens (including phenoxy) is 1. The average Bonchev–Trinajstić information content (AvgIpc) is 2.81. The van der Waals surface area contributed by atoms with E-state index in [0.29, 0.717) is 11.4 Å². The lowest BCUT2D eigenvalue weighted by Gasteiger charge is -2.22. The molecule has 1 aliphatic carbocycles. The van der Waals surface area contributed by atoms with E-state index in [9.17, 15) is 14.9 Å². The molecule has 7 nitrogen and oxygen atoms in total. The summed E-state index contributed by atoms with van der Waals surface area (Å²) in [5, 5.41) is 12.6. The van der Waals surface area contributed by atoms with Gasteiger partial charge >= 0.3 is 0 Å². The lowest BCUT2D eigenvalue weighted by atomic mass is 9.95. The molecule has 0 atom stereocenters. The number of nitrogens with zero attached hydrogens (tertiary/aromatic N) is 3. The minimum Gasteiger partial charge on any atom is -0.438 e. The average molecular weight is 443 g/mol. The third-order valence-electron chi connectivity index (χ3n) is 5.87. The molecule has 33 heavy (non-hydrogen) atoms. The van der Waals surface area contributed by atoms with Gasteiger partial charge in [0.1, 0.15) is 28.6 Å². The predicted molar refractivity (Wildman–Crippen MR) is 126 cm³/mol. The fourth-order valence-electron chi connectivity index (χ4n) is 4.10. The van der Waals surface area contributed by atoms with Crippen LogP contribution in [-0.4, -0.2) is 21.3 Å². The smallest absolute Gasteiger partial charge is 0.269 e. The summed E-state index contributed by atoms with van der Waals surface area (Å²) >= 11 is 0. The molecule has 2 heterocycles. The topological polar surface area (TPSA) is 96.5 Å². The number of nitriles is 1. The molecule has 1 amide bonds. The number of rotatable bonds is 5. The third-order valence-corrected chi connectivity index (χ3v) is 5.87. The van der Waals surface area contributed by atoms with Crippen molar-refractivity contribution >= 4 is 17.6 Å². The van der Waals surface area contributed by atoms with E-state index < -0.39 is 11.5 Å². The van der Waals surface area contributed by atoms with Crippen molar-refractivity contribution in [2.75, 3.05) is 0 Å². The minimum atomic E-state index is -0.487. The normalized spacial score (nSPS) is 14.6. The van der Waals surface area contributed by atoms with E-state index in [0.717, 1.165) is 43.2 Å². The first-order chi connectivity index (χ1) is 16.0. The number of benzene rings is 1. The van der Waals surface area contributed by atoms with Crippen LogP contribution in [-0.2, 0) is 4.79 Å². The Balaban J connectivity index is 1.77. The Morgan fingerprint density at radius 3 is 2.73 bits per heavy atom. The van der Waals surface area contributed by atoms with E-state index in [4.69, 9.17) is 4.74 Å². The van der Waals surface area contributed by atoms with E-state index >= 15 is 0 Å². The van der Waals surface area contributed by atoms with Crippen molar-refractivity contribution < 1.29 is 9.53 Å². The summed E-state index contributed by atoms with van der Waals surface area (Å²) in [5.74, 6) is 0.114. The van der Waals surface area contributed by atoms with Crippen LogP contribution in [0, 0.1) is 25.2 Å². The highest BCUT2D eigenvalue weighted by Crippen LogP contribution is 2.27. The van der Waals surface area contributed by atoms with Gasteiger partial charge in [-0.3, -0.25) is 14.0 Å². The highest BCUT2D eigenvalue weighted by Gasteiger charge is 2.21. The van der Waals surface area contributed by atoms with Crippen LogP contribution in [0.15, 0.2) is 53.0 Å². The van der Waals surface area contributed by atoms with Gasteiger partial charge in [-0.2, -0.15) is 10.2 Å². The van der Waals surface area contributed by atoms with Crippen molar-refractivity contribution in [3.05, 3.63) is 75.2 Å². The van der Waals surface area contributed by atoms with Crippen LogP contribution in [0.2, 0.25) is 0 Å². The van der Waals surface area contributed by atoms with E-state index in [-0.39, 0.29) is 23.1 Å². The number of pyridine rings is 1. The Bertz CT molecular complexity index is 1330. The number of aromatic nitrogens is 2. The van der Waals surface area contributed by atoms with E-state index in [1.54, 1.807) is 24.4 Å². The molecule has 0 radical (unpaired) electrons. The van der Waals surface area contributed by atoms with Gasteiger partial charge in [0, 0.05) is 12.2 Å². The van der Waals surface area contributed by atoms with Gasteiger partial charge in [0.2, 0.25) is 5.88 Å². The molecule has 7 heteroatoms. The Morgan fingerprint density at radius 2 is 2.00 bits per heavy atom. The fraction of sp³-hybridized carbons (Fsp3) is 0.308. The van der Waals surface area contributed by atoms with E-state index in [2.05, 4.69) is 10.3 Å². The van der Waals surface area contributed by atoms with E-state index in [1.807, 2.05) is 38.1 Å². The van der Waals surface area contributed by atoms with Crippen LogP contribution in [0.3, 0.4) is 0 Å². The van der Waals surface area contributed by atoms with Crippen LogP contribution in [0.4, 0.5) is 0 Å². The van der Waals surface area contributed by atoms with Gasteiger partial charge in [0.15, 0.2) is 0 Å². The maximum Gasteiger partial charge on any atom is 0.269 e. The highest BCUT2D eigenvalue weighted by atomic mass is 16.5. The number of carbonyl (C=O) groups excluding carboxylic acids is 1. The van der Waals surface area contributed by atoms with Crippen molar-refractivity contribution in [3.63, 3.8) is 0 Å². The van der Waals surface area contributed by atoms with Crippen molar-refractivity contribution in [1.82, 2.24) is 14.7 Å². The molecular formula is C26H26N4O3. The number of hydrogen-bond acceptors (Lipinski definition) is 5. The molecule has 1 aromatic carbocycles. The van der Waals surface area contributed by atoms with Gasteiger partial charge in [-0.1, -0.05) is 43.0 Å². The summed E-state index contributed by atoms with van der Waals surface area (Å²) in [6.07, 6.45) is 7.94. The summed E-state index contributed by atoms with van der Waals surface area (Å²) < 4.78 is 7.42. The first-order valence-electron chi connectivity index (χ1n) is 11.2. The largest absolute Gasteiger partial charge is 0.438 e. The maximum absolute atomic E-state index is 13.3. The molecule has 3 aromatic rings. The van der Waals surface area contributed by atoms with Crippen molar-refractivity contribution in [2.24, 2.45) is 0 Å². The fourth-order valence-corrected chi connectivity index (χ4v) is 4.10. The van der Waals surface area contributed by atoms with Crippen molar-refractivity contribution in [3.8, 4) is 17.7 Å². The summed E-state index contributed by atoms with van der Waals surface area (Å²) in [6.45, 7) is 3.89. The number of carbonyl (C=O) groups is 1. The van der Waals surface area contributed by atoms with Gasteiger partial charge in [-0.15, -0.1) is 0 Å². The second-order valence-electron chi connectivity index (χ2n) is 8.41.